The normalized spacial score (nSPS) is 18.9. The molecule has 0 bridgehead atoms. The molecule has 0 radical (unpaired) electrons. The number of carbonyl (C=O) groups is 1. The lowest BCUT2D eigenvalue weighted by Gasteiger charge is -2.28. The van der Waals surface area contributed by atoms with Crippen LogP contribution in [-0.2, 0) is 14.3 Å². The predicted octanol–water partition coefficient (Wildman–Crippen LogP) is 3.42. The van der Waals surface area contributed by atoms with Gasteiger partial charge in [-0.2, -0.15) is 0 Å². The second kappa shape index (κ2) is 8.52. The zero-order chi connectivity index (χ0) is 13.4. The average Bonchev–Trinajstić information content (AvgIpc) is 2.38. The molecule has 0 N–H and O–H groups in total. The lowest BCUT2D eigenvalue weighted by Crippen LogP contribution is -2.32. The average molecular weight is 256 g/mol. The van der Waals surface area contributed by atoms with Gasteiger partial charge in [-0.3, -0.25) is 4.79 Å². The first-order valence-electron chi connectivity index (χ1n) is 7.39. The highest BCUT2D eigenvalue weighted by Crippen LogP contribution is 2.31. The van der Waals surface area contributed by atoms with Crippen LogP contribution in [0, 0.1) is 17.8 Å². The van der Waals surface area contributed by atoms with Gasteiger partial charge < -0.3 is 9.47 Å². The molecule has 0 saturated heterocycles. The maximum Gasteiger partial charge on any atom is 0.311 e. The largest absolute Gasteiger partial charge is 0.465 e. The minimum atomic E-state index is -0.0519. The summed E-state index contributed by atoms with van der Waals surface area (Å²) in [4.78, 5) is 12.2. The molecule has 1 atom stereocenters. The molecule has 1 aliphatic rings. The fourth-order valence-electron chi connectivity index (χ4n) is 2.53. The van der Waals surface area contributed by atoms with Gasteiger partial charge in [0.15, 0.2) is 0 Å². The van der Waals surface area contributed by atoms with Crippen LogP contribution in [0.2, 0.25) is 0 Å². The van der Waals surface area contributed by atoms with E-state index in [1.54, 1.807) is 0 Å². The zero-order valence-corrected chi connectivity index (χ0v) is 12.1. The standard InChI is InChI=1S/C15H28O3/c1-4-17-11-14(13-8-6-5-7-9-13)15(16)18-10-12(2)3/h12-14H,4-11H2,1-3H3. The second-order valence-corrected chi connectivity index (χ2v) is 5.69. The number of ether oxygens (including phenoxy) is 2. The minimum absolute atomic E-state index is 0.0518. The van der Waals surface area contributed by atoms with E-state index in [2.05, 4.69) is 13.8 Å². The van der Waals surface area contributed by atoms with Crippen molar-refractivity contribution in [3.8, 4) is 0 Å². The molecule has 0 amide bonds. The number of hydrogen-bond donors (Lipinski definition) is 0. The molecule has 1 fully saturated rings. The third-order valence-electron chi connectivity index (χ3n) is 3.58. The first-order chi connectivity index (χ1) is 8.65. The summed E-state index contributed by atoms with van der Waals surface area (Å²) in [5.41, 5.74) is 0. The molecule has 0 aromatic rings. The maximum absolute atomic E-state index is 12.2. The van der Waals surface area contributed by atoms with Crippen molar-refractivity contribution in [2.24, 2.45) is 17.8 Å². The van der Waals surface area contributed by atoms with Gasteiger partial charge >= 0.3 is 5.97 Å². The van der Waals surface area contributed by atoms with E-state index in [4.69, 9.17) is 9.47 Å². The monoisotopic (exact) mass is 256 g/mol. The fraction of sp³-hybridized carbons (Fsp3) is 0.933. The third kappa shape index (κ3) is 5.38. The molecule has 0 aliphatic heterocycles. The van der Waals surface area contributed by atoms with Gasteiger partial charge in [0, 0.05) is 6.61 Å². The second-order valence-electron chi connectivity index (χ2n) is 5.69. The van der Waals surface area contributed by atoms with Crippen LogP contribution in [0.15, 0.2) is 0 Å². The van der Waals surface area contributed by atoms with E-state index in [0.29, 0.717) is 31.7 Å². The highest BCUT2D eigenvalue weighted by molar-refractivity contribution is 5.73. The highest BCUT2D eigenvalue weighted by Gasteiger charge is 2.30. The molecule has 3 heteroatoms. The Morgan fingerprint density at radius 2 is 1.83 bits per heavy atom. The summed E-state index contributed by atoms with van der Waals surface area (Å²) in [6, 6.07) is 0. The molecule has 0 heterocycles. The molecule has 1 rings (SSSR count). The van der Waals surface area contributed by atoms with E-state index in [0.717, 1.165) is 12.8 Å². The molecule has 106 valence electrons. The van der Waals surface area contributed by atoms with Gasteiger partial charge in [-0.1, -0.05) is 33.1 Å². The molecule has 3 nitrogen and oxygen atoms in total. The Kier molecular flexibility index (Phi) is 7.33. The summed E-state index contributed by atoms with van der Waals surface area (Å²) in [5, 5.41) is 0. The van der Waals surface area contributed by atoms with Crippen LogP contribution in [0.4, 0.5) is 0 Å². The van der Waals surface area contributed by atoms with Crippen molar-refractivity contribution in [2.75, 3.05) is 19.8 Å². The minimum Gasteiger partial charge on any atom is -0.465 e. The Hall–Kier alpha value is -0.570. The lowest BCUT2D eigenvalue weighted by molar-refractivity contribution is -0.154. The Morgan fingerprint density at radius 3 is 2.39 bits per heavy atom. The van der Waals surface area contributed by atoms with E-state index < -0.39 is 0 Å². The Bertz CT molecular complexity index is 232. The first kappa shape index (κ1) is 15.5. The van der Waals surface area contributed by atoms with E-state index in [9.17, 15) is 4.79 Å². The predicted molar refractivity (Wildman–Crippen MR) is 72.4 cm³/mol. The summed E-state index contributed by atoms with van der Waals surface area (Å²) in [7, 11) is 0. The van der Waals surface area contributed by atoms with Gasteiger partial charge in [-0.15, -0.1) is 0 Å². The van der Waals surface area contributed by atoms with Crippen LogP contribution in [0.5, 0.6) is 0 Å². The topological polar surface area (TPSA) is 35.5 Å². The molecule has 1 saturated carbocycles. The first-order valence-corrected chi connectivity index (χ1v) is 7.39. The van der Waals surface area contributed by atoms with Gasteiger partial charge in [0.05, 0.1) is 19.1 Å². The summed E-state index contributed by atoms with van der Waals surface area (Å²) in [5.74, 6) is 0.756. The molecule has 0 aromatic heterocycles. The lowest BCUT2D eigenvalue weighted by atomic mass is 9.80. The molecular weight excluding hydrogens is 228 g/mol. The number of rotatable bonds is 7. The molecule has 0 aromatic carbocycles. The van der Waals surface area contributed by atoms with Crippen molar-refractivity contribution in [3.63, 3.8) is 0 Å². The Balaban J connectivity index is 2.49. The zero-order valence-electron chi connectivity index (χ0n) is 12.1. The van der Waals surface area contributed by atoms with E-state index in [1.165, 1.54) is 19.3 Å². The Labute approximate surface area is 111 Å². The maximum atomic E-state index is 12.2. The van der Waals surface area contributed by atoms with E-state index in [1.807, 2.05) is 6.92 Å². The van der Waals surface area contributed by atoms with Crippen LogP contribution >= 0.6 is 0 Å². The van der Waals surface area contributed by atoms with Gasteiger partial charge in [0.1, 0.15) is 0 Å². The van der Waals surface area contributed by atoms with Gasteiger partial charge in [-0.25, -0.2) is 0 Å². The van der Waals surface area contributed by atoms with Crippen LogP contribution in [0.25, 0.3) is 0 Å². The smallest absolute Gasteiger partial charge is 0.311 e. The SMILES string of the molecule is CCOCC(C(=O)OCC(C)C)C1CCCCC1. The van der Waals surface area contributed by atoms with Crippen LogP contribution < -0.4 is 0 Å². The number of carbonyl (C=O) groups excluding carboxylic acids is 1. The molecule has 1 unspecified atom stereocenters. The molecule has 18 heavy (non-hydrogen) atoms. The summed E-state index contributed by atoms with van der Waals surface area (Å²) >= 11 is 0. The fourth-order valence-corrected chi connectivity index (χ4v) is 2.53. The van der Waals surface area contributed by atoms with Crippen molar-refractivity contribution in [1.82, 2.24) is 0 Å². The van der Waals surface area contributed by atoms with E-state index in [-0.39, 0.29) is 11.9 Å². The highest BCUT2D eigenvalue weighted by atomic mass is 16.5. The van der Waals surface area contributed by atoms with Gasteiger partial charge in [-0.05, 0) is 31.6 Å². The Morgan fingerprint density at radius 1 is 1.17 bits per heavy atom. The van der Waals surface area contributed by atoms with Crippen molar-refractivity contribution >= 4 is 5.97 Å². The molecular formula is C15H28O3. The number of hydrogen-bond acceptors (Lipinski definition) is 3. The summed E-state index contributed by atoms with van der Waals surface area (Å²) < 4.78 is 10.9. The van der Waals surface area contributed by atoms with Crippen molar-refractivity contribution in [1.29, 1.82) is 0 Å². The van der Waals surface area contributed by atoms with Crippen molar-refractivity contribution in [3.05, 3.63) is 0 Å². The summed E-state index contributed by atoms with van der Waals surface area (Å²) in [6.07, 6.45) is 6.08. The van der Waals surface area contributed by atoms with Gasteiger partial charge in [0.25, 0.3) is 0 Å². The van der Waals surface area contributed by atoms with Gasteiger partial charge in [0.2, 0.25) is 0 Å². The molecule has 0 spiro atoms. The third-order valence-corrected chi connectivity index (χ3v) is 3.58. The van der Waals surface area contributed by atoms with Crippen LogP contribution in [0.1, 0.15) is 52.9 Å². The van der Waals surface area contributed by atoms with Crippen LogP contribution in [-0.4, -0.2) is 25.8 Å². The van der Waals surface area contributed by atoms with Crippen molar-refractivity contribution in [2.45, 2.75) is 52.9 Å². The number of esters is 1. The van der Waals surface area contributed by atoms with E-state index >= 15 is 0 Å². The van der Waals surface area contributed by atoms with Crippen LogP contribution in [0.3, 0.4) is 0 Å². The quantitative estimate of drug-likeness (QED) is 0.655. The molecule has 1 aliphatic carbocycles. The van der Waals surface area contributed by atoms with Crippen molar-refractivity contribution < 1.29 is 14.3 Å². The summed E-state index contributed by atoms with van der Waals surface area (Å²) in [6.45, 7) is 7.81.